The topological polar surface area (TPSA) is 44.1 Å². The molecule has 0 radical (unpaired) electrons. The van der Waals surface area contributed by atoms with Crippen molar-refractivity contribution in [1.82, 2.24) is 9.78 Å². The molecule has 0 bridgehead atoms. The Morgan fingerprint density at radius 1 is 1.33 bits per heavy atom. The number of aromatic nitrogens is 2. The third-order valence-electron chi connectivity index (χ3n) is 4.37. The van der Waals surface area contributed by atoms with Gasteiger partial charge in [-0.2, -0.15) is 5.10 Å². The zero-order chi connectivity index (χ0) is 15.7. The Bertz CT molecular complexity index is 641. The highest BCUT2D eigenvalue weighted by molar-refractivity contribution is 6.74. The summed E-state index contributed by atoms with van der Waals surface area (Å²) in [6.07, 6.45) is 2.66. The van der Waals surface area contributed by atoms with Gasteiger partial charge in [-0.1, -0.05) is 20.8 Å². The van der Waals surface area contributed by atoms with Crippen LogP contribution in [0.3, 0.4) is 0 Å². The van der Waals surface area contributed by atoms with Gasteiger partial charge in [0.15, 0.2) is 8.32 Å². The van der Waals surface area contributed by atoms with Crippen molar-refractivity contribution in [2.24, 2.45) is 0 Å². The number of hydrogen-bond acceptors (Lipinski definition) is 3. The van der Waals surface area contributed by atoms with E-state index in [2.05, 4.69) is 39.0 Å². The summed E-state index contributed by atoms with van der Waals surface area (Å²) in [5.74, 6) is 0. The Morgan fingerprint density at radius 3 is 2.67 bits per heavy atom. The van der Waals surface area contributed by atoms with Crippen LogP contribution in [-0.2, 0) is 11.0 Å². The first-order valence-electron chi connectivity index (χ1n) is 7.29. The molecule has 2 aromatic rings. The lowest BCUT2D eigenvalue weighted by atomic mass is 10.2. The van der Waals surface area contributed by atoms with Crippen molar-refractivity contribution in [3.05, 3.63) is 30.0 Å². The third-order valence-corrected chi connectivity index (χ3v) is 8.91. The SMILES string of the molecule is CC(C)(C)[Si](C)(C)OCCn1ncc2cc(C=O)ccc21. The predicted molar refractivity (Wildman–Crippen MR) is 88.3 cm³/mol. The lowest BCUT2D eigenvalue weighted by Crippen LogP contribution is -2.41. The fraction of sp³-hybridized carbons (Fsp3) is 0.500. The minimum absolute atomic E-state index is 0.220. The summed E-state index contributed by atoms with van der Waals surface area (Å²) in [4.78, 5) is 10.8. The standard InChI is InChI=1S/C16H24N2O2Si/c1-16(2,3)21(4,5)20-9-8-18-15-7-6-13(12-19)10-14(15)11-17-18/h6-7,10-12H,8-9H2,1-5H3. The number of aldehydes is 1. The number of rotatable bonds is 5. The summed E-state index contributed by atoms with van der Waals surface area (Å²) in [7, 11) is -1.71. The second-order valence-electron chi connectivity index (χ2n) is 6.91. The van der Waals surface area contributed by atoms with Crippen LogP contribution >= 0.6 is 0 Å². The van der Waals surface area contributed by atoms with Gasteiger partial charge in [-0.3, -0.25) is 9.48 Å². The summed E-state index contributed by atoms with van der Waals surface area (Å²) in [6, 6.07) is 5.63. The molecular formula is C16H24N2O2Si. The van der Waals surface area contributed by atoms with E-state index in [1.165, 1.54) is 0 Å². The van der Waals surface area contributed by atoms with Gasteiger partial charge in [0, 0.05) is 10.9 Å². The van der Waals surface area contributed by atoms with Crippen molar-refractivity contribution in [2.75, 3.05) is 6.61 Å². The highest BCUT2D eigenvalue weighted by atomic mass is 28.4. The normalized spacial score (nSPS) is 12.8. The maximum atomic E-state index is 10.8. The predicted octanol–water partition coefficient (Wildman–Crippen LogP) is 3.87. The fourth-order valence-electron chi connectivity index (χ4n) is 1.96. The maximum Gasteiger partial charge on any atom is 0.192 e. The fourth-order valence-corrected chi connectivity index (χ4v) is 3.00. The van der Waals surface area contributed by atoms with E-state index in [1.807, 2.05) is 22.9 Å². The number of nitrogens with zero attached hydrogens (tertiary/aromatic N) is 2. The van der Waals surface area contributed by atoms with Crippen molar-refractivity contribution < 1.29 is 9.22 Å². The molecule has 21 heavy (non-hydrogen) atoms. The van der Waals surface area contributed by atoms with Crippen LogP contribution in [0.25, 0.3) is 10.9 Å². The molecule has 0 aliphatic carbocycles. The number of benzene rings is 1. The average molecular weight is 304 g/mol. The Labute approximate surface area is 127 Å². The molecule has 114 valence electrons. The van der Waals surface area contributed by atoms with Crippen molar-refractivity contribution in [2.45, 2.75) is 45.4 Å². The van der Waals surface area contributed by atoms with Crippen molar-refractivity contribution in [3.8, 4) is 0 Å². The van der Waals surface area contributed by atoms with Gasteiger partial charge in [0.2, 0.25) is 0 Å². The minimum atomic E-state index is -1.71. The van der Waals surface area contributed by atoms with Crippen LogP contribution in [0.1, 0.15) is 31.1 Å². The maximum absolute atomic E-state index is 10.8. The molecule has 5 heteroatoms. The van der Waals surface area contributed by atoms with Crippen molar-refractivity contribution >= 4 is 25.5 Å². The molecule has 0 fully saturated rings. The van der Waals surface area contributed by atoms with Crippen LogP contribution < -0.4 is 0 Å². The molecule has 4 nitrogen and oxygen atoms in total. The zero-order valence-corrected chi connectivity index (χ0v) is 14.5. The van der Waals surface area contributed by atoms with Crippen LogP contribution in [0.5, 0.6) is 0 Å². The van der Waals surface area contributed by atoms with E-state index in [1.54, 1.807) is 6.20 Å². The highest BCUT2D eigenvalue weighted by Gasteiger charge is 2.36. The molecule has 0 N–H and O–H groups in total. The number of carbonyl (C=O) groups excluding carboxylic acids is 1. The molecule has 0 saturated carbocycles. The van der Waals surface area contributed by atoms with Crippen LogP contribution in [0.2, 0.25) is 18.1 Å². The average Bonchev–Trinajstić information content (AvgIpc) is 2.79. The van der Waals surface area contributed by atoms with Gasteiger partial charge in [-0.25, -0.2) is 0 Å². The van der Waals surface area contributed by atoms with Gasteiger partial charge in [-0.05, 0) is 36.3 Å². The van der Waals surface area contributed by atoms with Crippen LogP contribution in [0, 0.1) is 0 Å². The summed E-state index contributed by atoms with van der Waals surface area (Å²) in [6.45, 7) is 12.6. The Balaban J connectivity index is 2.06. The molecule has 0 aliphatic rings. The van der Waals surface area contributed by atoms with E-state index in [4.69, 9.17) is 4.43 Å². The molecular weight excluding hydrogens is 280 g/mol. The molecule has 0 spiro atoms. The van der Waals surface area contributed by atoms with E-state index in [0.717, 1.165) is 23.7 Å². The first kappa shape index (κ1) is 15.9. The van der Waals surface area contributed by atoms with E-state index in [9.17, 15) is 4.79 Å². The summed E-state index contributed by atoms with van der Waals surface area (Å²) in [5, 5.41) is 5.60. The number of hydrogen-bond donors (Lipinski definition) is 0. The van der Waals surface area contributed by atoms with E-state index < -0.39 is 8.32 Å². The summed E-state index contributed by atoms with van der Waals surface area (Å²) < 4.78 is 8.12. The Hall–Kier alpha value is -1.46. The molecule has 2 rings (SSSR count). The van der Waals surface area contributed by atoms with Gasteiger partial charge in [-0.15, -0.1) is 0 Å². The first-order valence-corrected chi connectivity index (χ1v) is 10.2. The zero-order valence-electron chi connectivity index (χ0n) is 13.5. The summed E-state index contributed by atoms with van der Waals surface area (Å²) in [5.41, 5.74) is 1.72. The second kappa shape index (κ2) is 5.73. The molecule has 0 unspecified atom stereocenters. The third kappa shape index (κ3) is 3.41. The van der Waals surface area contributed by atoms with E-state index >= 15 is 0 Å². The van der Waals surface area contributed by atoms with Gasteiger partial charge in [0.25, 0.3) is 0 Å². The van der Waals surface area contributed by atoms with Crippen LogP contribution in [-0.4, -0.2) is 31.0 Å². The molecule has 1 aromatic carbocycles. The number of fused-ring (bicyclic) bond motifs is 1. The van der Waals surface area contributed by atoms with Crippen molar-refractivity contribution in [3.63, 3.8) is 0 Å². The smallest absolute Gasteiger partial charge is 0.192 e. The van der Waals surface area contributed by atoms with Gasteiger partial charge < -0.3 is 4.43 Å². The molecule has 0 saturated heterocycles. The van der Waals surface area contributed by atoms with E-state index in [0.29, 0.717) is 12.2 Å². The lowest BCUT2D eigenvalue weighted by molar-refractivity contribution is 0.112. The van der Waals surface area contributed by atoms with E-state index in [-0.39, 0.29) is 5.04 Å². The van der Waals surface area contributed by atoms with Crippen LogP contribution in [0.15, 0.2) is 24.4 Å². The van der Waals surface area contributed by atoms with Crippen molar-refractivity contribution in [1.29, 1.82) is 0 Å². The number of carbonyl (C=O) groups is 1. The highest BCUT2D eigenvalue weighted by Crippen LogP contribution is 2.36. The van der Waals surface area contributed by atoms with Gasteiger partial charge in [0.05, 0.1) is 24.9 Å². The Kier molecular flexibility index (Phi) is 4.34. The van der Waals surface area contributed by atoms with Gasteiger partial charge >= 0.3 is 0 Å². The Morgan fingerprint density at radius 2 is 2.05 bits per heavy atom. The lowest BCUT2D eigenvalue weighted by Gasteiger charge is -2.36. The quantitative estimate of drug-likeness (QED) is 0.622. The first-order chi connectivity index (χ1) is 9.74. The molecule has 1 aromatic heterocycles. The van der Waals surface area contributed by atoms with Crippen LogP contribution in [0.4, 0.5) is 0 Å². The molecule has 0 atom stereocenters. The second-order valence-corrected chi connectivity index (χ2v) is 11.7. The molecule has 0 aliphatic heterocycles. The molecule has 1 heterocycles. The minimum Gasteiger partial charge on any atom is -0.415 e. The summed E-state index contributed by atoms with van der Waals surface area (Å²) >= 11 is 0. The van der Waals surface area contributed by atoms with Gasteiger partial charge in [0.1, 0.15) is 6.29 Å². The molecule has 0 amide bonds. The largest absolute Gasteiger partial charge is 0.415 e. The monoisotopic (exact) mass is 304 g/mol.